The highest BCUT2D eigenvalue weighted by molar-refractivity contribution is 5.84. The minimum Gasteiger partial charge on any atom is -0.476 e. The Hall–Kier alpha value is -2.74. The van der Waals surface area contributed by atoms with Crippen molar-refractivity contribution < 1.29 is 19.4 Å². The van der Waals surface area contributed by atoms with Gasteiger partial charge in [0.15, 0.2) is 5.69 Å². The predicted octanol–water partition coefficient (Wildman–Crippen LogP) is 1.14. The molecular formula is C17H20N4O4. The largest absolute Gasteiger partial charge is 0.476 e. The molecule has 1 aromatic carbocycles. The minimum atomic E-state index is -1.17. The topological polar surface area (TPSA) is 97.6 Å². The number of aromatic nitrogens is 3. The number of ether oxygens (including phenoxy) is 1. The lowest BCUT2D eigenvalue weighted by Crippen LogP contribution is -2.43. The van der Waals surface area contributed by atoms with E-state index in [1.807, 2.05) is 12.1 Å². The van der Waals surface area contributed by atoms with E-state index in [1.54, 1.807) is 4.90 Å². The Morgan fingerprint density at radius 2 is 2.08 bits per heavy atom. The van der Waals surface area contributed by atoms with Gasteiger partial charge in [-0.25, -0.2) is 9.48 Å². The van der Waals surface area contributed by atoms with E-state index in [0.717, 1.165) is 12.0 Å². The van der Waals surface area contributed by atoms with Crippen LogP contribution in [0.15, 0.2) is 30.5 Å². The molecule has 2 aromatic rings. The fraction of sp³-hybridized carbons (Fsp3) is 0.412. The number of aryl methyl sites for hydroxylation is 1. The SMILES string of the molecule is CCc1ccc(C2CN(C(=O)Cn3cc(C(=O)O)nn3)CCO2)cc1. The molecule has 1 unspecified atom stereocenters. The molecule has 0 spiro atoms. The van der Waals surface area contributed by atoms with E-state index in [9.17, 15) is 9.59 Å². The van der Waals surface area contributed by atoms with Crippen molar-refractivity contribution in [2.45, 2.75) is 26.0 Å². The third-order valence-corrected chi connectivity index (χ3v) is 4.23. The summed E-state index contributed by atoms with van der Waals surface area (Å²) in [5, 5.41) is 16.0. The highest BCUT2D eigenvalue weighted by Crippen LogP contribution is 2.23. The van der Waals surface area contributed by atoms with Gasteiger partial charge in [0, 0.05) is 6.54 Å². The molecule has 0 radical (unpaired) electrons. The van der Waals surface area contributed by atoms with Crippen molar-refractivity contribution in [3.63, 3.8) is 0 Å². The van der Waals surface area contributed by atoms with E-state index < -0.39 is 5.97 Å². The van der Waals surface area contributed by atoms with Gasteiger partial charge in [-0.2, -0.15) is 0 Å². The quantitative estimate of drug-likeness (QED) is 0.873. The molecule has 1 saturated heterocycles. The van der Waals surface area contributed by atoms with Crippen LogP contribution in [0.2, 0.25) is 0 Å². The number of carbonyl (C=O) groups excluding carboxylic acids is 1. The fourth-order valence-corrected chi connectivity index (χ4v) is 2.76. The van der Waals surface area contributed by atoms with Crippen LogP contribution in [-0.2, 0) is 22.5 Å². The molecule has 8 nitrogen and oxygen atoms in total. The molecular weight excluding hydrogens is 324 g/mol. The number of hydrogen-bond donors (Lipinski definition) is 1. The van der Waals surface area contributed by atoms with Crippen molar-refractivity contribution in [2.24, 2.45) is 0 Å². The standard InChI is InChI=1S/C17H20N4O4/c1-2-12-3-5-13(6-4-12)15-10-20(7-8-25-15)16(22)11-21-9-14(17(23)24)18-19-21/h3-6,9,15H,2,7-8,10-11H2,1H3,(H,23,24). The maximum Gasteiger partial charge on any atom is 0.358 e. The summed E-state index contributed by atoms with van der Waals surface area (Å²) < 4.78 is 7.04. The normalized spacial score (nSPS) is 17.5. The van der Waals surface area contributed by atoms with Crippen molar-refractivity contribution in [1.82, 2.24) is 19.9 Å². The maximum absolute atomic E-state index is 12.5. The minimum absolute atomic E-state index is 0.0399. The number of aromatic carboxylic acids is 1. The van der Waals surface area contributed by atoms with Gasteiger partial charge in [0.1, 0.15) is 12.6 Å². The second-order valence-corrected chi connectivity index (χ2v) is 5.90. The van der Waals surface area contributed by atoms with Crippen LogP contribution < -0.4 is 0 Å². The van der Waals surface area contributed by atoms with Gasteiger partial charge >= 0.3 is 5.97 Å². The van der Waals surface area contributed by atoms with E-state index >= 15 is 0 Å². The van der Waals surface area contributed by atoms with Gasteiger partial charge in [-0.1, -0.05) is 36.4 Å². The number of benzene rings is 1. The first-order chi connectivity index (χ1) is 12.1. The Balaban J connectivity index is 1.63. The van der Waals surface area contributed by atoms with Crippen LogP contribution in [0, 0.1) is 0 Å². The number of carbonyl (C=O) groups is 2. The molecule has 8 heteroatoms. The number of nitrogens with zero attached hydrogens (tertiary/aromatic N) is 4. The van der Waals surface area contributed by atoms with Gasteiger partial charge in [0.25, 0.3) is 0 Å². The summed E-state index contributed by atoms with van der Waals surface area (Å²) in [7, 11) is 0. The van der Waals surface area contributed by atoms with Crippen LogP contribution in [-0.4, -0.2) is 56.6 Å². The van der Waals surface area contributed by atoms with Crippen LogP contribution >= 0.6 is 0 Å². The molecule has 2 heterocycles. The molecule has 1 aliphatic heterocycles. The Bertz CT molecular complexity index is 756. The summed E-state index contributed by atoms with van der Waals surface area (Å²) in [5.41, 5.74) is 2.13. The lowest BCUT2D eigenvalue weighted by Gasteiger charge is -2.33. The first kappa shape index (κ1) is 17.1. The number of carboxylic acids is 1. The van der Waals surface area contributed by atoms with Gasteiger partial charge in [0.2, 0.25) is 5.91 Å². The van der Waals surface area contributed by atoms with Gasteiger partial charge < -0.3 is 14.7 Å². The first-order valence-electron chi connectivity index (χ1n) is 8.18. The van der Waals surface area contributed by atoms with Crippen LogP contribution in [0.1, 0.15) is 34.6 Å². The van der Waals surface area contributed by atoms with Crippen molar-refractivity contribution in [3.8, 4) is 0 Å². The van der Waals surface area contributed by atoms with Crippen LogP contribution in [0.3, 0.4) is 0 Å². The van der Waals surface area contributed by atoms with Gasteiger partial charge in [-0.3, -0.25) is 4.79 Å². The number of morpholine rings is 1. The molecule has 1 aromatic heterocycles. The highest BCUT2D eigenvalue weighted by Gasteiger charge is 2.26. The summed E-state index contributed by atoms with van der Waals surface area (Å²) in [5.74, 6) is -1.30. The van der Waals surface area contributed by atoms with Gasteiger partial charge in [0.05, 0.1) is 19.3 Å². The van der Waals surface area contributed by atoms with Gasteiger partial charge in [-0.05, 0) is 17.5 Å². The third kappa shape index (κ3) is 4.03. The van der Waals surface area contributed by atoms with Crippen molar-refractivity contribution in [2.75, 3.05) is 19.7 Å². The molecule has 132 valence electrons. The number of rotatable bonds is 5. The van der Waals surface area contributed by atoms with E-state index in [-0.39, 0.29) is 24.2 Å². The third-order valence-electron chi connectivity index (χ3n) is 4.23. The smallest absolute Gasteiger partial charge is 0.358 e. The Kier molecular flexibility index (Phi) is 5.08. The summed E-state index contributed by atoms with van der Waals surface area (Å²) in [6.07, 6.45) is 2.07. The average molecular weight is 344 g/mol. The second-order valence-electron chi connectivity index (χ2n) is 5.90. The molecule has 0 aliphatic carbocycles. The monoisotopic (exact) mass is 344 g/mol. The molecule has 3 rings (SSSR count). The molecule has 1 amide bonds. The predicted molar refractivity (Wildman–Crippen MR) is 88.1 cm³/mol. The molecule has 25 heavy (non-hydrogen) atoms. The summed E-state index contributed by atoms with van der Waals surface area (Å²) >= 11 is 0. The zero-order chi connectivity index (χ0) is 17.8. The van der Waals surface area contributed by atoms with Crippen LogP contribution in [0.4, 0.5) is 0 Å². The van der Waals surface area contributed by atoms with Crippen LogP contribution in [0.5, 0.6) is 0 Å². The summed E-state index contributed by atoms with van der Waals surface area (Å²) in [6, 6.07) is 8.21. The Morgan fingerprint density at radius 1 is 1.32 bits per heavy atom. The van der Waals surface area contributed by atoms with Gasteiger partial charge in [-0.15, -0.1) is 5.10 Å². The second kappa shape index (κ2) is 7.43. The maximum atomic E-state index is 12.5. The zero-order valence-corrected chi connectivity index (χ0v) is 14.0. The molecule has 1 atom stereocenters. The van der Waals surface area contributed by atoms with Crippen molar-refractivity contribution >= 4 is 11.9 Å². The van der Waals surface area contributed by atoms with Crippen molar-refractivity contribution in [1.29, 1.82) is 0 Å². The van der Waals surface area contributed by atoms with E-state index in [1.165, 1.54) is 16.4 Å². The summed E-state index contributed by atoms with van der Waals surface area (Å²) in [4.78, 5) is 25.0. The lowest BCUT2D eigenvalue weighted by atomic mass is 10.0. The molecule has 0 saturated carbocycles. The lowest BCUT2D eigenvalue weighted by molar-refractivity contribution is -0.139. The van der Waals surface area contributed by atoms with E-state index in [0.29, 0.717) is 19.7 Å². The van der Waals surface area contributed by atoms with Crippen LogP contribution in [0.25, 0.3) is 0 Å². The number of carboxylic acid groups (broad SMARTS) is 1. The molecule has 1 fully saturated rings. The zero-order valence-electron chi connectivity index (χ0n) is 14.0. The van der Waals surface area contributed by atoms with E-state index in [4.69, 9.17) is 9.84 Å². The average Bonchev–Trinajstić information content (AvgIpc) is 3.11. The first-order valence-corrected chi connectivity index (χ1v) is 8.18. The highest BCUT2D eigenvalue weighted by atomic mass is 16.5. The number of amides is 1. The fourth-order valence-electron chi connectivity index (χ4n) is 2.76. The van der Waals surface area contributed by atoms with E-state index in [2.05, 4.69) is 29.4 Å². The Morgan fingerprint density at radius 3 is 2.72 bits per heavy atom. The molecule has 1 N–H and O–H groups in total. The summed E-state index contributed by atoms with van der Waals surface area (Å²) in [6.45, 7) is 3.49. The molecule has 0 bridgehead atoms. The molecule has 1 aliphatic rings. The van der Waals surface area contributed by atoms with Crippen molar-refractivity contribution in [3.05, 3.63) is 47.3 Å². The number of hydrogen-bond acceptors (Lipinski definition) is 5. The Labute approximate surface area is 145 Å².